The molecule has 0 unspecified atom stereocenters. The molecule has 0 radical (unpaired) electrons. The van der Waals surface area contributed by atoms with E-state index < -0.39 is 11.6 Å². The highest BCUT2D eigenvalue weighted by Crippen LogP contribution is 2.27. The van der Waals surface area contributed by atoms with E-state index in [1.54, 1.807) is 11.0 Å². The summed E-state index contributed by atoms with van der Waals surface area (Å²) in [4.78, 5) is 25.3. The average molecular weight is 307 g/mol. The SMILES string of the molecule is COC(=O)c1occc1C1=CCN(C(=O)OC(C)(C)C)CC1. The molecule has 0 atom stereocenters. The van der Waals surface area contributed by atoms with Crippen LogP contribution in [0, 0.1) is 0 Å². The van der Waals surface area contributed by atoms with Crippen molar-refractivity contribution in [3.8, 4) is 0 Å². The molecule has 0 N–H and O–H groups in total. The van der Waals surface area contributed by atoms with Crippen LogP contribution in [0.3, 0.4) is 0 Å². The Kier molecular flexibility index (Phi) is 4.59. The van der Waals surface area contributed by atoms with E-state index in [9.17, 15) is 9.59 Å². The lowest BCUT2D eigenvalue weighted by atomic mass is 10.00. The molecule has 0 saturated carbocycles. The number of hydrogen-bond donors (Lipinski definition) is 0. The van der Waals surface area contributed by atoms with E-state index in [1.807, 2.05) is 26.8 Å². The Morgan fingerprint density at radius 2 is 2.05 bits per heavy atom. The Balaban J connectivity index is 2.08. The molecule has 0 bridgehead atoms. The van der Waals surface area contributed by atoms with Gasteiger partial charge in [0.2, 0.25) is 5.76 Å². The van der Waals surface area contributed by atoms with Crippen LogP contribution in [0.15, 0.2) is 22.8 Å². The zero-order valence-corrected chi connectivity index (χ0v) is 13.3. The molecule has 6 heteroatoms. The number of furan rings is 1. The molecule has 1 amide bonds. The number of hydrogen-bond acceptors (Lipinski definition) is 5. The van der Waals surface area contributed by atoms with Crippen LogP contribution in [-0.4, -0.2) is 42.8 Å². The summed E-state index contributed by atoms with van der Waals surface area (Å²) < 4.78 is 15.2. The van der Waals surface area contributed by atoms with E-state index >= 15 is 0 Å². The fraction of sp³-hybridized carbons (Fsp3) is 0.500. The van der Waals surface area contributed by atoms with Crippen molar-refractivity contribution < 1.29 is 23.5 Å². The highest BCUT2D eigenvalue weighted by Gasteiger charge is 2.26. The van der Waals surface area contributed by atoms with Gasteiger partial charge in [0.25, 0.3) is 0 Å². The van der Waals surface area contributed by atoms with Gasteiger partial charge in [-0.25, -0.2) is 9.59 Å². The second-order valence-electron chi connectivity index (χ2n) is 6.06. The lowest BCUT2D eigenvalue weighted by molar-refractivity contribution is 0.0270. The lowest BCUT2D eigenvalue weighted by Gasteiger charge is -2.29. The van der Waals surface area contributed by atoms with Crippen LogP contribution in [-0.2, 0) is 9.47 Å². The first-order valence-electron chi connectivity index (χ1n) is 7.15. The molecule has 0 saturated heterocycles. The van der Waals surface area contributed by atoms with E-state index in [0.717, 1.165) is 11.1 Å². The average Bonchev–Trinajstić information content (AvgIpc) is 2.94. The number of carbonyl (C=O) groups is 2. The van der Waals surface area contributed by atoms with Crippen LogP contribution in [0.5, 0.6) is 0 Å². The number of esters is 1. The van der Waals surface area contributed by atoms with Crippen LogP contribution in [0.2, 0.25) is 0 Å². The van der Waals surface area contributed by atoms with Crippen molar-refractivity contribution in [3.05, 3.63) is 29.7 Å². The number of nitrogens with zero attached hydrogens (tertiary/aromatic N) is 1. The second-order valence-corrected chi connectivity index (χ2v) is 6.06. The summed E-state index contributed by atoms with van der Waals surface area (Å²) in [5, 5.41) is 0. The fourth-order valence-electron chi connectivity index (χ4n) is 2.22. The van der Waals surface area contributed by atoms with Crippen LogP contribution >= 0.6 is 0 Å². The number of rotatable bonds is 2. The van der Waals surface area contributed by atoms with Crippen molar-refractivity contribution in [3.63, 3.8) is 0 Å². The number of methoxy groups -OCH3 is 1. The van der Waals surface area contributed by atoms with Crippen LogP contribution < -0.4 is 0 Å². The molecule has 0 fully saturated rings. The summed E-state index contributed by atoms with van der Waals surface area (Å²) in [5.74, 6) is -0.310. The third-order valence-corrected chi connectivity index (χ3v) is 3.24. The summed E-state index contributed by atoms with van der Waals surface area (Å²) in [6.07, 6.45) is 3.67. The Hall–Kier alpha value is -2.24. The maximum atomic E-state index is 12.0. The molecule has 0 aliphatic carbocycles. The molecule has 0 spiro atoms. The molecular formula is C16H21NO5. The minimum atomic E-state index is -0.510. The quantitative estimate of drug-likeness (QED) is 0.785. The molecular weight excluding hydrogens is 286 g/mol. The lowest BCUT2D eigenvalue weighted by Crippen LogP contribution is -2.39. The molecule has 1 aromatic rings. The van der Waals surface area contributed by atoms with Gasteiger partial charge in [-0.05, 0) is 38.8 Å². The standard InChI is InChI=1S/C16H21NO5/c1-16(2,3)22-15(19)17-8-5-11(6-9-17)12-7-10-21-13(12)14(18)20-4/h5,7,10H,6,8-9H2,1-4H3. The van der Waals surface area contributed by atoms with Crippen molar-refractivity contribution >= 4 is 17.6 Å². The van der Waals surface area contributed by atoms with Gasteiger partial charge in [0.1, 0.15) is 5.60 Å². The fourth-order valence-corrected chi connectivity index (χ4v) is 2.22. The number of ether oxygens (including phenoxy) is 2. The van der Waals surface area contributed by atoms with E-state index in [0.29, 0.717) is 19.5 Å². The van der Waals surface area contributed by atoms with Gasteiger partial charge < -0.3 is 18.8 Å². The van der Waals surface area contributed by atoms with Crippen LogP contribution in [0.25, 0.3) is 5.57 Å². The Morgan fingerprint density at radius 1 is 1.32 bits per heavy atom. The van der Waals surface area contributed by atoms with E-state index in [4.69, 9.17) is 13.9 Å². The third kappa shape index (κ3) is 3.69. The van der Waals surface area contributed by atoms with Gasteiger partial charge in [0.15, 0.2) is 0 Å². The summed E-state index contributed by atoms with van der Waals surface area (Å²) in [7, 11) is 1.31. The summed E-state index contributed by atoms with van der Waals surface area (Å²) in [6, 6.07) is 1.74. The van der Waals surface area contributed by atoms with Crippen molar-refractivity contribution in [2.24, 2.45) is 0 Å². The smallest absolute Gasteiger partial charge is 0.410 e. The number of carbonyl (C=O) groups excluding carboxylic acids is 2. The van der Waals surface area contributed by atoms with Crippen LogP contribution in [0.1, 0.15) is 43.3 Å². The monoisotopic (exact) mass is 307 g/mol. The van der Waals surface area contributed by atoms with E-state index in [2.05, 4.69) is 0 Å². The summed E-state index contributed by atoms with van der Waals surface area (Å²) >= 11 is 0. The van der Waals surface area contributed by atoms with Gasteiger partial charge in [0, 0.05) is 18.7 Å². The highest BCUT2D eigenvalue weighted by atomic mass is 16.6. The highest BCUT2D eigenvalue weighted by molar-refractivity contribution is 5.92. The first-order valence-corrected chi connectivity index (χ1v) is 7.15. The van der Waals surface area contributed by atoms with Gasteiger partial charge in [-0.1, -0.05) is 6.08 Å². The van der Waals surface area contributed by atoms with Crippen molar-refractivity contribution in [1.29, 1.82) is 0 Å². The molecule has 1 aliphatic heterocycles. The third-order valence-electron chi connectivity index (χ3n) is 3.24. The predicted molar refractivity (Wildman–Crippen MR) is 80.4 cm³/mol. The Morgan fingerprint density at radius 3 is 2.59 bits per heavy atom. The molecule has 2 rings (SSSR count). The first kappa shape index (κ1) is 16.1. The molecule has 2 heterocycles. The number of amides is 1. The largest absolute Gasteiger partial charge is 0.463 e. The minimum Gasteiger partial charge on any atom is -0.463 e. The van der Waals surface area contributed by atoms with Gasteiger partial charge in [-0.2, -0.15) is 0 Å². The molecule has 120 valence electrons. The first-order chi connectivity index (χ1) is 10.3. The maximum absolute atomic E-state index is 12.0. The zero-order chi connectivity index (χ0) is 16.3. The second kappa shape index (κ2) is 6.25. The maximum Gasteiger partial charge on any atom is 0.410 e. The van der Waals surface area contributed by atoms with Gasteiger partial charge >= 0.3 is 12.1 Å². The molecule has 22 heavy (non-hydrogen) atoms. The van der Waals surface area contributed by atoms with E-state index in [1.165, 1.54) is 13.4 Å². The topological polar surface area (TPSA) is 69.0 Å². The molecule has 6 nitrogen and oxygen atoms in total. The molecule has 1 aliphatic rings. The van der Waals surface area contributed by atoms with Crippen molar-refractivity contribution in [2.75, 3.05) is 20.2 Å². The van der Waals surface area contributed by atoms with E-state index in [-0.39, 0.29) is 11.9 Å². The molecule has 1 aromatic heterocycles. The minimum absolute atomic E-state index is 0.194. The van der Waals surface area contributed by atoms with Gasteiger partial charge in [-0.15, -0.1) is 0 Å². The van der Waals surface area contributed by atoms with Crippen LogP contribution in [0.4, 0.5) is 4.79 Å². The zero-order valence-electron chi connectivity index (χ0n) is 13.3. The molecule has 0 aromatic carbocycles. The van der Waals surface area contributed by atoms with Gasteiger partial charge in [0.05, 0.1) is 13.4 Å². The normalized spacial score (nSPS) is 15.3. The summed E-state index contributed by atoms with van der Waals surface area (Å²) in [5.41, 5.74) is 1.17. The predicted octanol–water partition coefficient (Wildman–Crippen LogP) is 3.09. The Bertz CT molecular complexity index is 594. The van der Waals surface area contributed by atoms with Crippen molar-refractivity contribution in [2.45, 2.75) is 32.8 Å². The van der Waals surface area contributed by atoms with Gasteiger partial charge in [-0.3, -0.25) is 0 Å². The summed E-state index contributed by atoms with van der Waals surface area (Å²) in [6.45, 7) is 6.49. The van der Waals surface area contributed by atoms with Crippen molar-refractivity contribution in [1.82, 2.24) is 4.90 Å². The Labute approximate surface area is 129 Å².